The van der Waals surface area contributed by atoms with E-state index in [2.05, 4.69) is 22.1 Å². The molecule has 35 heavy (non-hydrogen) atoms. The molecule has 1 aromatic carbocycles. The molecule has 7 heteroatoms. The quantitative estimate of drug-likeness (QED) is 0.601. The number of anilines is 2. The van der Waals surface area contributed by atoms with Gasteiger partial charge in [-0.3, -0.25) is 14.6 Å². The van der Waals surface area contributed by atoms with Crippen LogP contribution < -0.4 is 10.2 Å². The zero-order valence-electron chi connectivity index (χ0n) is 20.3. The van der Waals surface area contributed by atoms with Gasteiger partial charge in [0, 0.05) is 49.5 Å². The molecule has 0 aliphatic carbocycles. The van der Waals surface area contributed by atoms with Crippen LogP contribution >= 0.6 is 0 Å². The fourth-order valence-corrected chi connectivity index (χ4v) is 4.80. The van der Waals surface area contributed by atoms with Gasteiger partial charge in [0.25, 0.3) is 5.91 Å². The van der Waals surface area contributed by atoms with Crippen LogP contribution in [-0.4, -0.2) is 39.8 Å². The lowest BCUT2D eigenvalue weighted by atomic mass is 9.99. The monoisotopic (exact) mass is 469 g/mol. The second-order valence-corrected chi connectivity index (χ2v) is 9.68. The molecule has 180 valence electrons. The first-order chi connectivity index (χ1) is 17.0. The first kappa shape index (κ1) is 23.0. The van der Waals surface area contributed by atoms with E-state index >= 15 is 0 Å². The van der Waals surface area contributed by atoms with Crippen molar-refractivity contribution in [2.75, 3.05) is 23.3 Å². The smallest absolute Gasteiger partial charge is 0.259 e. The highest BCUT2D eigenvalue weighted by atomic mass is 16.2. The standard InChI is InChI=1S/C28H31N5O2/c1-19-10-13-32(14-11-19)27-25(9-6-20(2)30-27)28(35)31-24-8-7-21-17-33(18-22(21)15-24)26(34)16-23-5-3-4-12-29-23/h3-9,12,15,19H,10-11,13-14,16-18H2,1-2H3,(H,31,35). The number of fused-ring (bicyclic) bond motifs is 1. The van der Waals surface area contributed by atoms with Gasteiger partial charge in [-0.2, -0.15) is 0 Å². The number of aromatic nitrogens is 2. The normalized spacial score (nSPS) is 15.7. The molecule has 2 aliphatic heterocycles. The summed E-state index contributed by atoms with van der Waals surface area (Å²) in [6.45, 7) is 7.18. The summed E-state index contributed by atoms with van der Waals surface area (Å²) in [7, 11) is 0. The Kier molecular flexibility index (Phi) is 6.49. The molecule has 1 fully saturated rings. The highest BCUT2D eigenvalue weighted by Gasteiger charge is 2.25. The third-order valence-corrected chi connectivity index (χ3v) is 6.94. The lowest BCUT2D eigenvalue weighted by Gasteiger charge is -2.32. The number of piperidine rings is 1. The van der Waals surface area contributed by atoms with E-state index in [1.807, 2.05) is 60.4 Å². The SMILES string of the molecule is Cc1ccc(C(=O)Nc2ccc3c(c2)CN(C(=O)Cc2ccccn2)C3)c(N2CCC(C)CC2)n1. The van der Waals surface area contributed by atoms with Gasteiger partial charge in [-0.1, -0.05) is 19.1 Å². The minimum absolute atomic E-state index is 0.0525. The fraction of sp³-hybridized carbons (Fsp3) is 0.357. The van der Waals surface area contributed by atoms with Crippen molar-refractivity contribution in [2.45, 2.75) is 46.2 Å². The average Bonchev–Trinajstić information content (AvgIpc) is 3.29. The summed E-state index contributed by atoms with van der Waals surface area (Å²) >= 11 is 0. The van der Waals surface area contributed by atoms with E-state index < -0.39 is 0 Å². The van der Waals surface area contributed by atoms with Crippen LogP contribution in [0.25, 0.3) is 0 Å². The van der Waals surface area contributed by atoms with Gasteiger partial charge in [0.1, 0.15) is 5.82 Å². The van der Waals surface area contributed by atoms with Gasteiger partial charge in [-0.25, -0.2) is 4.98 Å². The van der Waals surface area contributed by atoms with Crippen molar-refractivity contribution < 1.29 is 9.59 Å². The van der Waals surface area contributed by atoms with Crippen molar-refractivity contribution in [1.82, 2.24) is 14.9 Å². The first-order valence-corrected chi connectivity index (χ1v) is 12.3. The third kappa shape index (κ3) is 5.19. The minimum atomic E-state index is -0.160. The van der Waals surface area contributed by atoms with Crippen LogP contribution in [0.4, 0.5) is 11.5 Å². The van der Waals surface area contributed by atoms with Crippen LogP contribution in [-0.2, 0) is 24.3 Å². The van der Waals surface area contributed by atoms with Gasteiger partial charge < -0.3 is 15.1 Å². The Morgan fingerprint density at radius 3 is 2.60 bits per heavy atom. The van der Waals surface area contributed by atoms with Crippen molar-refractivity contribution in [3.8, 4) is 0 Å². The van der Waals surface area contributed by atoms with E-state index in [9.17, 15) is 9.59 Å². The number of rotatable bonds is 5. The Morgan fingerprint density at radius 1 is 1.03 bits per heavy atom. The van der Waals surface area contributed by atoms with E-state index in [1.54, 1.807) is 6.20 Å². The molecule has 3 aromatic rings. The molecule has 2 aromatic heterocycles. The molecule has 1 N–H and O–H groups in total. The van der Waals surface area contributed by atoms with Crippen molar-refractivity contribution >= 4 is 23.3 Å². The highest BCUT2D eigenvalue weighted by Crippen LogP contribution is 2.28. The molecule has 0 radical (unpaired) electrons. The predicted molar refractivity (Wildman–Crippen MR) is 136 cm³/mol. The van der Waals surface area contributed by atoms with Crippen molar-refractivity contribution in [2.24, 2.45) is 5.92 Å². The van der Waals surface area contributed by atoms with E-state index in [1.165, 1.54) is 0 Å². The molecule has 5 rings (SSSR count). The number of hydrogen-bond acceptors (Lipinski definition) is 5. The summed E-state index contributed by atoms with van der Waals surface area (Å²) in [5, 5.41) is 3.06. The summed E-state index contributed by atoms with van der Waals surface area (Å²) in [5.74, 6) is 1.36. The number of nitrogens with zero attached hydrogens (tertiary/aromatic N) is 4. The number of carbonyl (C=O) groups is 2. The van der Waals surface area contributed by atoms with Crippen LogP contribution in [0.5, 0.6) is 0 Å². The predicted octanol–water partition coefficient (Wildman–Crippen LogP) is 4.36. The number of benzene rings is 1. The molecule has 0 unspecified atom stereocenters. The zero-order valence-corrected chi connectivity index (χ0v) is 20.3. The molecule has 7 nitrogen and oxygen atoms in total. The molecule has 0 bridgehead atoms. The Hall–Kier alpha value is -3.74. The number of pyridine rings is 2. The molecular weight excluding hydrogens is 438 g/mol. The van der Waals surface area contributed by atoms with Gasteiger partial charge >= 0.3 is 0 Å². The van der Waals surface area contributed by atoms with Gasteiger partial charge in [0.2, 0.25) is 5.91 Å². The molecule has 0 spiro atoms. The number of carbonyl (C=O) groups excluding carboxylic acids is 2. The number of hydrogen-bond donors (Lipinski definition) is 1. The minimum Gasteiger partial charge on any atom is -0.356 e. The molecule has 2 aliphatic rings. The number of nitrogens with one attached hydrogen (secondary N) is 1. The van der Waals surface area contributed by atoms with E-state index in [0.717, 1.165) is 60.0 Å². The number of amides is 2. The van der Waals surface area contributed by atoms with Gasteiger partial charge in [-0.05, 0) is 73.2 Å². The summed E-state index contributed by atoms with van der Waals surface area (Å²) in [6, 6.07) is 15.3. The maximum Gasteiger partial charge on any atom is 0.259 e. The molecule has 1 saturated heterocycles. The fourth-order valence-electron chi connectivity index (χ4n) is 4.80. The van der Waals surface area contributed by atoms with Gasteiger partial charge in [0.05, 0.1) is 12.0 Å². The Bertz CT molecular complexity index is 1240. The van der Waals surface area contributed by atoms with Crippen molar-refractivity contribution in [3.63, 3.8) is 0 Å². The van der Waals surface area contributed by atoms with Crippen LogP contribution in [0.15, 0.2) is 54.7 Å². The summed E-state index contributed by atoms with van der Waals surface area (Å²) < 4.78 is 0. The van der Waals surface area contributed by atoms with Gasteiger partial charge in [-0.15, -0.1) is 0 Å². The maximum atomic E-state index is 13.3. The number of aryl methyl sites for hydroxylation is 1. The largest absolute Gasteiger partial charge is 0.356 e. The molecule has 2 amide bonds. The van der Waals surface area contributed by atoms with Crippen LogP contribution in [0, 0.1) is 12.8 Å². The second-order valence-electron chi connectivity index (χ2n) is 9.68. The second kappa shape index (κ2) is 9.86. The average molecular weight is 470 g/mol. The Labute approximate surface area is 206 Å². The first-order valence-electron chi connectivity index (χ1n) is 12.3. The third-order valence-electron chi connectivity index (χ3n) is 6.94. The summed E-state index contributed by atoms with van der Waals surface area (Å²) in [4.78, 5) is 39.1. The lowest BCUT2D eigenvalue weighted by molar-refractivity contribution is -0.131. The summed E-state index contributed by atoms with van der Waals surface area (Å²) in [5.41, 5.74) is 5.17. The van der Waals surface area contributed by atoms with Gasteiger partial charge in [0.15, 0.2) is 0 Å². The molecule has 0 saturated carbocycles. The molecular formula is C28H31N5O2. The lowest BCUT2D eigenvalue weighted by Crippen LogP contribution is -2.35. The van der Waals surface area contributed by atoms with Crippen LogP contribution in [0.1, 0.15) is 52.6 Å². The Morgan fingerprint density at radius 2 is 1.83 bits per heavy atom. The topological polar surface area (TPSA) is 78.4 Å². The summed E-state index contributed by atoms with van der Waals surface area (Å²) in [6.07, 6.45) is 4.21. The van der Waals surface area contributed by atoms with E-state index in [0.29, 0.717) is 24.6 Å². The van der Waals surface area contributed by atoms with E-state index in [4.69, 9.17) is 4.98 Å². The van der Waals surface area contributed by atoms with Crippen molar-refractivity contribution in [1.29, 1.82) is 0 Å². The Balaban J connectivity index is 1.28. The van der Waals surface area contributed by atoms with Crippen LogP contribution in [0.2, 0.25) is 0 Å². The molecule has 0 atom stereocenters. The zero-order chi connectivity index (χ0) is 24.4. The maximum absolute atomic E-state index is 13.3. The van der Waals surface area contributed by atoms with Crippen molar-refractivity contribution in [3.05, 3.63) is 82.8 Å². The molecule has 4 heterocycles. The van der Waals surface area contributed by atoms with E-state index in [-0.39, 0.29) is 18.2 Å². The van der Waals surface area contributed by atoms with Crippen LogP contribution in [0.3, 0.4) is 0 Å². The highest BCUT2D eigenvalue weighted by molar-refractivity contribution is 6.07.